The van der Waals surface area contributed by atoms with Crippen molar-refractivity contribution < 1.29 is 4.79 Å². The van der Waals surface area contributed by atoms with Crippen LogP contribution in [0.15, 0.2) is 30.9 Å². The van der Waals surface area contributed by atoms with E-state index in [0.29, 0.717) is 23.8 Å². The van der Waals surface area contributed by atoms with Gasteiger partial charge >= 0.3 is 0 Å². The number of benzene rings is 1. The highest BCUT2D eigenvalue weighted by atomic mass is 16.2. The Balaban J connectivity index is 2.30. The number of nitrogens with two attached hydrogens (primary N) is 1. The fourth-order valence-corrected chi connectivity index (χ4v) is 2.88. The summed E-state index contributed by atoms with van der Waals surface area (Å²) in [5.41, 5.74) is 8.14. The van der Waals surface area contributed by atoms with E-state index in [-0.39, 0.29) is 5.91 Å². The molecule has 1 aromatic rings. The zero-order chi connectivity index (χ0) is 13.8. The first-order valence-corrected chi connectivity index (χ1v) is 6.92. The van der Waals surface area contributed by atoms with E-state index >= 15 is 0 Å². The molecule has 1 fully saturated rings. The van der Waals surface area contributed by atoms with Gasteiger partial charge in [-0.05, 0) is 31.4 Å². The number of hydrogen-bond acceptors (Lipinski definition) is 2. The summed E-state index contributed by atoms with van der Waals surface area (Å²) in [4.78, 5) is 14.7. The minimum atomic E-state index is 0.0439. The lowest BCUT2D eigenvalue weighted by atomic mass is 10.0. The quantitative estimate of drug-likeness (QED) is 0.666. The zero-order valence-electron chi connectivity index (χ0n) is 11.6. The zero-order valence-corrected chi connectivity index (χ0v) is 11.6. The maximum Gasteiger partial charge on any atom is 0.256 e. The molecule has 19 heavy (non-hydrogen) atoms. The first-order valence-electron chi connectivity index (χ1n) is 6.92. The van der Waals surface area contributed by atoms with Gasteiger partial charge in [-0.3, -0.25) is 4.79 Å². The summed E-state index contributed by atoms with van der Waals surface area (Å²) in [5.74, 6) is 0.0439. The highest BCUT2D eigenvalue weighted by Gasteiger charge is 2.28. The lowest BCUT2D eigenvalue weighted by Gasteiger charge is -2.29. The van der Waals surface area contributed by atoms with Crippen LogP contribution < -0.4 is 5.73 Å². The third-order valence-electron chi connectivity index (χ3n) is 3.87. The molecule has 1 aliphatic carbocycles. The number of aryl methyl sites for hydroxylation is 1. The Kier molecular flexibility index (Phi) is 4.25. The Labute approximate surface area is 115 Å². The van der Waals surface area contributed by atoms with Gasteiger partial charge in [0.05, 0.1) is 5.56 Å². The lowest BCUT2D eigenvalue weighted by molar-refractivity contribution is 0.0707. The minimum absolute atomic E-state index is 0.0439. The van der Waals surface area contributed by atoms with Gasteiger partial charge < -0.3 is 10.6 Å². The number of amides is 1. The molecular formula is C16H22N2O. The maximum absolute atomic E-state index is 12.8. The molecular weight excluding hydrogens is 236 g/mol. The number of nitrogen functional groups attached to an aromatic ring is 1. The maximum atomic E-state index is 12.8. The number of hydrogen-bond donors (Lipinski definition) is 1. The molecule has 0 unspecified atom stereocenters. The van der Waals surface area contributed by atoms with E-state index < -0.39 is 0 Å². The number of anilines is 1. The van der Waals surface area contributed by atoms with Gasteiger partial charge in [-0.25, -0.2) is 0 Å². The molecule has 1 aromatic carbocycles. The molecule has 1 amide bonds. The SMILES string of the molecule is C=CCN(C(=O)c1c(C)cccc1N)C1CCCC1. The Morgan fingerprint density at radius 2 is 2.16 bits per heavy atom. The van der Waals surface area contributed by atoms with E-state index in [4.69, 9.17) is 5.73 Å². The van der Waals surface area contributed by atoms with Crippen LogP contribution in [0.25, 0.3) is 0 Å². The predicted molar refractivity (Wildman–Crippen MR) is 79.1 cm³/mol. The van der Waals surface area contributed by atoms with Crippen LogP contribution in [0.1, 0.15) is 41.6 Å². The van der Waals surface area contributed by atoms with Gasteiger partial charge in [0.15, 0.2) is 0 Å². The summed E-state index contributed by atoms with van der Waals surface area (Å²) in [6, 6.07) is 5.95. The topological polar surface area (TPSA) is 46.3 Å². The fraction of sp³-hybridized carbons (Fsp3) is 0.438. The van der Waals surface area contributed by atoms with Crippen molar-refractivity contribution in [3.05, 3.63) is 42.0 Å². The predicted octanol–water partition coefficient (Wildman–Crippen LogP) is 3.15. The summed E-state index contributed by atoms with van der Waals surface area (Å²) in [7, 11) is 0. The van der Waals surface area contributed by atoms with Crippen molar-refractivity contribution in [2.24, 2.45) is 0 Å². The van der Waals surface area contributed by atoms with Crippen molar-refractivity contribution in [1.29, 1.82) is 0 Å². The Hall–Kier alpha value is -1.77. The highest BCUT2D eigenvalue weighted by Crippen LogP contribution is 2.27. The molecule has 0 bridgehead atoms. The molecule has 0 aromatic heterocycles. The number of carbonyl (C=O) groups excluding carboxylic acids is 1. The summed E-state index contributed by atoms with van der Waals surface area (Å²) in [6.45, 7) is 6.30. The van der Waals surface area contributed by atoms with Crippen LogP contribution in [0.5, 0.6) is 0 Å². The number of nitrogens with zero attached hydrogens (tertiary/aromatic N) is 1. The van der Waals surface area contributed by atoms with Gasteiger partial charge in [0.25, 0.3) is 5.91 Å². The van der Waals surface area contributed by atoms with Crippen molar-refractivity contribution in [3.63, 3.8) is 0 Å². The molecule has 3 nitrogen and oxygen atoms in total. The third kappa shape index (κ3) is 2.80. The first kappa shape index (κ1) is 13.7. The Bertz CT molecular complexity index is 455. The standard InChI is InChI=1S/C16H22N2O/c1-3-11-18(13-8-4-5-9-13)16(19)15-12(2)7-6-10-14(15)17/h3,6-7,10,13H,1,4-5,8-9,11,17H2,2H3. The summed E-state index contributed by atoms with van der Waals surface area (Å²) >= 11 is 0. The summed E-state index contributed by atoms with van der Waals surface area (Å²) in [5, 5.41) is 0. The molecule has 0 spiro atoms. The van der Waals surface area contributed by atoms with E-state index in [1.54, 1.807) is 12.1 Å². The van der Waals surface area contributed by atoms with Crippen molar-refractivity contribution in [1.82, 2.24) is 4.90 Å². The van der Waals surface area contributed by atoms with Crippen LogP contribution >= 0.6 is 0 Å². The van der Waals surface area contributed by atoms with E-state index in [2.05, 4.69) is 6.58 Å². The minimum Gasteiger partial charge on any atom is -0.398 e. The van der Waals surface area contributed by atoms with E-state index in [0.717, 1.165) is 18.4 Å². The molecule has 1 aliphatic rings. The fourth-order valence-electron chi connectivity index (χ4n) is 2.88. The highest BCUT2D eigenvalue weighted by molar-refractivity contribution is 6.00. The van der Waals surface area contributed by atoms with Crippen LogP contribution in [0, 0.1) is 6.92 Å². The average Bonchev–Trinajstić information content (AvgIpc) is 2.89. The second-order valence-corrected chi connectivity index (χ2v) is 5.22. The second-order valence-electron chi connectivity index (χ2n) is 5.22. The average molecular weight is 258 g/mol. The Morgan fingerprint density at radius 1 is 1.47 bits per heavy atom. The molecule has 2 N–H and O–H groups in total. The molecule has 0 saturated heterocycles. The van der Waals surface area contributed by atoms with Crippen molar-refractivity contribution in [3.8, 4) is 0 Å². The van der Waals surface area contributed by atoms with Gasteiger partial charge in [0, 0.05) is 18.3 Å². The monoisotopic (exact) mass is 258 g/mol. The van der Waals surface area contributed by atoms with Crippen molar-refractivity contribution in [2.45, 2.75) is 38.6 Å². The third-order valence-corrected chi connectivity index (χ3v) is 3.87. The number of rotatable bonds is 4. The molecule has 1 saturated carbocycles. The molecule has 0 atom stereocenters. The van der Waals surface area contributed by atoms with E-state index in [1.807, 2.05) is 24.0 Å². The van der Waals surface area contributed by atoms with Crippen LogP contribution in [-0.2, 0) is 0 Å². The Morgan fingerprint density at radius 3 is 2.74 bits per heavy atom. The molecule has 3 heteroatoms. The van der Waals surface area contributed by atoms with E-state index in [1.165, 1.54) is 12.8 Å². The lowest BCUT2D eigenvalue weighted by Crippen LogP contribution is -2.39. The van der Waals surface area contributed by atoms with Gasteiger partial charge in [0.1, 0.15) is 0 Å². The van der Waals surface area contributed by atoms with Gasteiger partial charge in [-0.1, -0.05) is 31.1 Å². The van der Waals surface area contributed by atoms with Crippen LogP contribution in [0.4, 0.5) is 5.69 Å². The molecule has 102 valence electrons. The smallest absolute Gasteiger partial charge is 0.256 e. The molecule has 0 aliphatic heterocycles. The summed E-state index contributed by atoms with van der Waals surface area (Å²) < 4.78 is 0. The second kappa shape index (κ2) is 5.91. The largest absolute Gasteiger partial charge is 0.398 e. The van der Waals surface area contributed by atoms with Crippen molar-refractivity contribution in [2.75, 3.05) is 12.3 Å². The first-order chi connectivity index (χ1) is 9.15. The van der Waals surface area contributed by atoms with Crippen LogP contribution in [0.3, 0.4) is 0 Å². The summed E-state index contributed by atoms with van der Waals surface area (Å²) in [6.07, 6.45) is 6.38. The molecule has 2 rings (SSSR count). The normalized spacial score (nSPS) is 15.4. The van der Waals surface area contributed by atoms with Gasteiger partial charge in [0.2, 0.25) is 0 Å². The van der Waals surface area contributed by atoms with Gasteiger partial charge in [-0.2, -0.15) is 0 Å². The van der Waals surface area contributed by atoms with Crippen LogP contribution in [0.2, 0.25) is 0 Å². The van der Waals surface area contributed by atoms with Crippen LogP contribution in [-0.4, -0.2) is 23.4 Å². The van der Waals surface area contributed by atoms with Crippen molar-refractivity contribution >= 4 is 11.6 Å². The number of carbonyl (C=O) groups is 1. The van der Waals surface area contributed by atoms with E-state index in [9.17, 15) is 4.79 Å². The van der Waals surface area contributed by atoms with Gasteiger partial charge in [-0.15, -0.1) is 6.58 Å². The molecule has 0 radical (unpaired) electrons. The molecule has 0 heterocycles.